The number of nitrogens with zero attached hydrogens (tertiary/aromatic N) is 2. The van der Waals surface area contributed by atoms with Crippen LogP contribution < -0.4 is 0 Å². The summed E-state index contributed by atoms with van der Waals surface area (Å²) in [4.78, 5) is 15.5. The Morgan fingerprint density at radius 2 is 2.31 bits per heavy atom. The molecule has 4 nitrogen and oxygen atoms in total. The maximum absolute atomic E-state index is 11.8. The standard InChI is InChI=1S/C9H16N2O2/c1-4-10-5-7-8(13-7)11(6(2)3)9(10)12/h6-8H,4-5H2,1-3H3. The molecule has 0 bridgehead atoms. The molecule has 13 heavy (non-hydrogen) atoms. The number of urea groups is 1. The Morgan fingerprint density at radius 3 is 2.85 bits per heavy atom. The summed E-state index contributed by atoms with van der Waals surface area (Å²) in [5.41, 5.74) is 0. The Kier molecular flexibility index (Phi) is 1.95. The molecule has 2 aliphatic heterocycles. The van der Waals surface area contributed by atoms with E-state index in [0.29, 0.717) is 0 Å². The molecule has 2 unspecified atom stereocenters. The van der Waals surface area contributed by atoms with Crippen molar-refractivity contribution in [3.63, 3.8) is 0 Å². The Hall–Kier alpha value is -0.770. The average molecular weight is 184 g/mol. The van der Waals surface area contributed by atoms with E-state index in [9.17, 15) is 4.79 Å². The van der Waals surface area contributed by atoms with Gasteiger partial charge in [-0.25, -0.2) is 4.79 Å². The third-order valence-electron chi connectivity index (χ3n) is 2.66. The van der Waals surface area contributed by atoms with E-state index in [4.69, 9.17) is 4.74 Å². The predicted octanol–water partition coefficient (Wildman–Crippen LogP) is 0.877. The second kappa shape index (κ2) is 2.87. The fourth-order valence-electron chi connectivity index (χ4n) is 1.86. The number of likely N-dealkylation sites (N-methyl/N-ethyl adjacent to an activating group) is 1. The van der Waals surface area contributed by atoms with Gasteiger partial charge in [0.25, 0.3) is 0 Å². The number of carbonyl (C=O) groups excluding carboxylic acids is 1. The van der Waals surface area contributed by atoms with Crippen LogP contribution in [0, 0.1) is 0 Å². The summed E-state index contributed by atoms with van der Waals surface area (Å²) >= 11 is 0. The summed E-state index contributed by atoms with van der Waals surface area (Å²) in [5.74, 6) is 0. The summed E-state index contributed by atoms with van der Waals surface area (Å²) in [7, 11) is 0. The Balaban J connectivity index is 2.12. The second-order valence-corrected chi connectivity index (χ2v) is 3.89. The van der Waals surface area contributed by atoms with Crippen LogP contribution >= 0.6 is 0 Å². The van der Waals surface area contributed by atoms with Crippen LogP contribution in [0.4, 0.5) is 4.79 Å². The van der Waals surface area contributed by atoms with E-state index >= 15 is 0 Å². The number of ether oxygens (including phenoxy) is 1. The van der Waals surface area contributed by atoms with Crippen LogP contribution in [0.25, 0.3) is 0 Å². The smallest absolute Gasteiger partial charge is 0.322 e. The third kappa shape index (κ3) is 1.29. The van der Waals surface area contributed by atoms with Crippen molar-refractivity contribution < 1.29 is 9.53 Å². The quantitative estimate of drug-likeness (QED) is 0.597. The van der Waals surface area contributed by atoms with E-state index in [-0.39, 0.29) is 24.4 Å². The highest BCUT2D eigenvalue weighted by Gasteiger charge is 2.52. The molecule has 0 spiro atoms. The van der Waals surface area contributed by atoms with Gasteiger partial charge in [0.1, 0.15) is 6.10 Å². The monoisotopic (exact) mass is 184 g/mol. The van der Waals surface area contributed by atoms with Crippen molar-refractivity contribution in [3.8, 4) is 0 Å². The van der Waals surface area contributed by atoms with Crippen LogP contribution in [0.2, 0.25) is 0 Å². The van der Waals surface area contributed by atoms with Crippen LogP contribution in [0.15, 0.2) is 0 Å². The van der Waals surface area contributed by atoms with Gasteiger partial charge in [0.2, 0.25) is 0 Å². The highest BCUT2D eigenvalue weighted by Crippen LogP contribution is 2.33. The van der Waals surface area contributed by atoms with Crippen molar-refractivity contribution in [2.45, 2.75) is 39.1 Å². The molecule has 2 fully saturated rings. The molecule has 0 radical (unpaired) electrons. The van der Waals surface area contributed by atoms with Gasteiger partial charge in [0.15, 0.2) is 6.23 Å². The fourth-order valence-corrected chi connectivity index (χ4v) is 1.86. The van der Waals surface area contributed by atoms with Crippen LogP contribution in [-0.2, 0) is 4.74 Å². The highest BCUT2D eigenvalue weighted by atomic mass is 16.6. The van der Waals surface area contributed by atoms with E-state index < -0.39 is 0 Å². The lowest BCUT2D eigenvalue weighted by Gasteiger charge is -2.34. The van der Waals surface area contributed by atoms with E-state index in [0.717, 1.165) is 13.1 Å². The summed E-state index contributed by atoms with van der Waals surface area (Å²) in [5, 5.41) is 0. The topological polar surface area (TPSA) is 36.1 Å². The zero-order valence-electron chi connectivity index (χ0n) is 8.36. The van der Waals surface area contributed by atoms with E-state index in [1.165, 1.54) is 0 Å². The maximum atomic E-state index is 11.8. The van der Waals surface area contributed by atoms with Gasteiger partial charge in [-0.3, -0.25) is 4.90 Å². The highest BCUT2D eigenvalue weighted by molar-refractivity contribution is 5.76. The molecule has 2 atom stereocenters. The van der Waals surface area contributed by atoms with Crippen LogP contribution in [0.3, 0.4) is 0 Å². The lowest BCUT2D eigenvalue weighted by atomic mass is 10.2. The minimum atomic E-state index is 0.0651. The molecular weight excluding hydrogens is 168 g/mol. The lowest BCUT2D eigenvalue weighted by Crippen LogP contribution is -2.53. The van der Waals surface area contributed by atoms with Gasteiger partial charge in [-0.15, -0.1) is 0 Å². The molecule has 2 heterocycles. The fraction of sp³-hybridized carbons (Fsp3) is 0.889. The van der Waals surface area contributed by atoms with Gasteiger partial charge >= 0.3 is 6.03 Å². The van der Waals surface area contributed by atoms with Crippen molar-refractivity contribution in [1.82, 2.24) is 9.80 Å². The van der Waals surface area contributed by atoms with Gasteiger partial charge in [-0.05, 0) is 20.8 Å². The maximum Gasteiger partial charge on any atom is 0.322 e. The molecule has 0 aliphatic carbocycles. The molecule has 0 aromatic carbocycles. The SMILES string of the molecule is CCN1CC2OC2N(C(C)C)C1=O. The van der Waals surface area contributed by atoms with Gasteiger partial charge in [-0.1, -0.05) is 0 Å². The molecule has 74 valence electrons. The Morgan fingerprint density at radius 1 is 1.62 bits per heavy atom. The minimum Gasteiger partial charge on any atom is -0.346 e. The summed E-state index contributed by atoms with van der Waals surface area (Å²) < 4.78 is 5.42. The van der Waals surface area contributed by atoms with Crippen molar-refractivity contribution in [2.24, 2.45) is 0 Å². The van der Waals surface area contributed by atoms with Crippen LogP contribution in [0.1, 0.15) is 20.8 Å². The molecular formula is C9H16N2O2. The molecule has 0 aromatic rings. The van der Waals surface area contributed by atoms with Crippen LogP contribution in [-0.4, -0.2) is 47.3 Å². The zero-order chi connectivity index (χ0) is 9.59. The first-order valence-corrected chi connectivity index (χ1v) is 4.87. The summed E-state index contributed by atoms with van der Waals surface area (Å²) in [6, 6.07) is 0.355. The minimum absolute atomic E-state index is 0.0651. The molecule has 0 aromatic heterocycles. The Bertz CT molecular complexity index is 230. The first-order valence-electron chi connectivity index (χ1n) is 4.87. The molecule has 2 aliphatic rings. The average Bonchev–Trinajstić information content (AvgIpc) is 2.80. The number of fused-ring (bicyclic) bond motifs is 1. The van der Waals surface area contributed by atoms with Gasteiger partial charge in [-0.2, -0.15) is 0 Å². The Labute approximate surface area is 78.4 Å². The van der Waals surface area contributed by atoms with Crippen molar-refractivity contribution in [2.75, 3.05) is 13.1 Å². The van der Waals surface area contributed by atoms with E-state index in [1.54, 1.807) is 0 Å². The van der Waals surface area contributed by atoms with Gasteiger partial charge in [0.05, 0.1) is 6.54 Å². The number of epoxide rings is 1. The number of carbonyl (C=O) groups is 1. The molecule has 0 saturated carbocycles. The number of hydrogen-bond donors (Lipinski definition) is 0. The van der Waals surface area contributed by atoms with E-state index in [2.05, 4.69) is 0 Å². The summed E-state index contributed by atoms with van der Waals surface area (Å²) in [6.07, 6.45) is 0.329. The summed E-state index contributed by atoms with van der Waals surface area (Å²) in [6.45, 7) is 7.59. The molecule has 2 saturated heterocycles. The first-order chi connectivity index (χ1) is 6.15. The number of amides is 2. The van der Waals surface area contributed by atoms with Crippen molar-refractivity contribution in [3.05, 3.63) is 0 Å². The largest absolute Gasteiger partial charge is 0.346 e. The molecule has 0 N–H and O–H groups in total. The normalized spacial score (nSPS) is 32.5. The lowest BCUT2D eigenvalue weighted by molar-refractivity contribution is 0.112. The van der Waals surface area contributed by atoms with Gasteiger partial charge < -0.3 is 9.64 Å². The molecule has 4 heteroatoms. The van der Waals surface area contributed by atoms with Crippen LogP contribution in [0.5, 0.6) is 0 Å². The number of rotatable bonds is 2. The van der Waals surface area contributed by atoms with Crippen molar-refractivity contribution in [1.29, 1.82) is 0 Å². The first kappa shape index (κ1) is 8.81. The van der Waals surface area contributed by atoms with Gasteiger partial charge in [0, 0.05) is 12.6 Å². The second-order valence-electron chi connectivity index (χ2n) is 3.89. The van der Waals surface area contributed by atoms with Crippen molar-refractivity contribution >= 4 is 6.03 Å². The molecule has 2 rings (SSSR count). The third-order valence-corrected chi connectivity index (χ3v) is 2.66. The number of hydrogen-bond acceptors (Lipinski definition) is 2. The molecule has 2 amide bonds. The van der Waals surface area contributed by atoms with E-state index in [1.807, 2.05) is 30.6 Å². The zero-order valence-corrected chi connectivity index (χ0v) is 8.36. The predicted molar refractivity (Wildman–Crippen MR) is 48.3 cm³/mol.